The molecule has 1 spiro atoms. The van der Waals surface area contributed by atoms with Crippen LogP contribution in [0.25, 0.3) is 0 Å². The summed E-state index contributed by atoms with van der Waals surface area (Å²) in [6.07, 6.45) is 9.08. The van der Waals surface area contributed by atoms with E-state index in [0.717, 1.165) is 58.0 Å². The second-order valence-electron chi connectivity index (χ2n) is 6.49. The fourth-order valence-electron chi connectivity index (χ4n) is 4.01. The van der Waals surface area contributed by atoms with Crippen molar-refractivity contribution in [2.45, 2.75) is 77.2 Å². The second kappa shape index (κ2) is 5.82. The predicted molar refractivity (Wildman–Crippen MR) is 75.1 cm³/mol. The first kappa shape index (κ1) is 14.8. The molecule has 1 aliphatic carbocycles. The molecular formula is C16H28O3. The van der Waals surface area contributed by atoms with E-state index in [1.54, 1.807) is 0 Å². The highest BCUT2D eigenvalue weighted by atomic mass is 16.5. The summed E-state index contributed by atoms with van der Waals surface area (Å²) in [7, 11) is 0. The zero-order valence-electron chi connectivity index (χ0n) is 12.4. The van der Waals surface area contributed by atoms with Gasteiger partial charge in [0.15, 0.2) is 0 Å². The van der Waals surface area contributed by atoms with Crippen LogP contribution in [-0.2, 0) is 9.53 Å². The Morgan fingerprint density at radius 1 is 1.42 bits per heavy atom. The Morgan fingerprint density at radius 3 is 2.63 bits per heavy atom. The number of aliphatic carboxylic acids is 1. The number of carboxylic acid groups (broad SMARTS) is 1. The molecule has 110 valence electrons. The third-order valence-electron chi connectivity index (χ3n) is 5.57. The largest absolute Gasteiger partial charge is 0.481 e. The van der Waals surface area contributed by atoms with Gasteiger partial charge in [-0.05, 0) is 50.9 Å². The van der Waals surface area contributed by atoms with Crippen LogP contribution in [0.4, 0.5) is 0 Å². The van der Waals surface area contributed by atoms with Gasteiger partial charge in [-0.25, -0.2) is 0 Å². The van der Waals surface area contributed by atoms with Crippen LogP contribution in [0.1, 0.15) is 71.6 Å². The summed E-state index contributed by atoms with van der Waals surface area (Å²) < 4.78 is 5.96. The zero-order chi connectivity index (χ0) is 13.9. The normalized spacial score (nSPS) is 28.6. The Hall–Kier alpha value is -0.570. The predicted octanol–water partition coefficient (Wildman–Crippen LogP) is 4.01. The quantitative estimate of drug-likeness (QED) is 0.791. The van der Waals surface area contributed by atoms with E-state index in [1.807, 2.05) is 6.92 Å². The average molecular weight is 268 g/mol. The molecule has 1 N–H and O–H groups in total. The van der Waals surface area contributed by atoms with E-state index >= 15 is 0 Å². The van der Waals surface area contributed by atoms with E-state index in [0.29, 0.717) is 5.92 Å². The minimum atomic E-state index is -0.579. The van der Waals surface area contributed by atoms with Crippen molar-refractivity contribution in [1.29, 1.82) is 0 Å². The van der Waals surface area contributed by atoms with Gasteiger partial charge in [0.2, 0.25) is 0 Å². The molecule has 2 rings (SSSR count). The maximum Gasteiger partial charge on any atom is 0.309 e. The van der Waals surface area contributed by atoms with Crippen molar-refractivity contribution in [3.8, 4) is 0 Å². The van der Waals surface area contributed by atoms with E-state index in [4.69, 9.17) is 4.74 Å². The molecule has 0 aromatic heterocycles. The lowest BCUT2D eigenvalue weighted by Gasteiger charge is -2.51. The zero-order valence-corrected chi connectivity index (χ0v) is 12.4. The third-order valence-corrected chi connectivity index (χ3v) is 5.57. The number of carbonyl (C=O) groups is 1. The van der Waals surface area contributed by atoms with Gasteiger partial charge in [0.1, 0.15) is 0 Å². The van der Waals surface area contributed by atoms with Gasteiger partial charge in [-0.15, -0.1) is 0 Å². The van der Waals surface area contributed by atoms with Crippen LogP contribution in [0.5, 0.6) is 0 Å². The van der Waals surface area contributed by atoms with Gasteiger partial charge in [0.25, 0.3) is 0 Å². The lowest BCUT2D eigenvalue weighted by Crippen LogP contribution is -2.51. The third kappa shape index (κ3) is 2.67. The number of ether oxygens (including phenoxy) is 1. The standard InChI is InChI=1S/C16H28O3/c1-3-5-10-16(4-2,14(17)18)13-7-11-19-15(12-13)8-6-9-15/h13H,3-12H2,1-2H3,(H,17,18). The van der Waals surface area contributed by atoms with Crippen LogP contribution in [0.2, 0.25) is 0 Å². The van der Waals surface area contributed by atoms with Gasteiger partial charge in [-0.3, -0.25) is 4.79 Å². The minimum absolute atomic E-state index is 0.0466. The topological polar surface area (TPSA) is 46.5 Å². The van der Waals surface area contributed by atoms with Gasteiger partial charge in [0.05, 0.1) is 11.0 Å². The van der Waals surface area contributed by atoms with Crippen LogP contribution in [0.15, 0.2) is 0 Å². The fraction of sp³-hybridized carbons (Fsp3) is 0.938. The first-order chi connectivity index (χ1) is 9.08. The molecule has 1 saturated heterocycles. The number of rotatable bonds is 6. The molecule has 0 aromatic rings. The first-order valence-electron chi connectivity index (χ1n) is 7.96. The van der Waals surface area contributed by atoms with Crippen molar-refractivity contribution in [1.82, 2.24) is 0 Å². The van der Waals surface area contributed by atoms with Crippen LogP contribution in [0.3, 0.4) is 0 Å². The van der Waals surface area contributed by atoms with Crippen molar-refractivity contribution >= 4 is 5.97 Å². The van der Waals surface area contributed by atoms with Gasteiger partial charge < -0.3 is 9.84 Å². The molecule has 3 nitrogen and oxygen atoms in total. The maximum atomic E-state index is 11.9. The number of hydrogen-bond acceptors (Lipinski definition) is 2. The lowest BCUT2D eigenvalue weighted by molar-refractivity contribution is -0.178. The highest BCUT2D eigenvalue weighted by Gasteiger charge is 2.51. The summed E-state index contributed by atoms with van der Waals surface area (Å²) in [5.41, 5.74) is -0.465. The molecule has 2 unspecified atom stereocenters. The maximum absolute atomic E-state index is 11.9. The summed E-state index contributed by atoms with van der Waals surface area (Å²) in [6, 6.07) is 0. The highest BCUT2D eigenvalue weighted by Crippen LogP contribution is 2.51. The van der Waals surface area contributed by atoms with Gasteiger partial charge >= 0.3 is 5.97 Å². The summed E-state index contributed by atoms with van der Waals surface area (Å²) in [4.78, 5) is 11.9. The Bertz CT molecular complexity index is 322. The van der Waals surface area contributed by atoms with Crippen molar-refractivity contribution in [3.05, 3.63) is 0 Å². The summed E-state index contributed by atoms with van der Waals surface area (Å²) >= 11 is 0. The first-order valence-corrected chi connectivity index (χ1v) is 7.96. The fourth-order valence-corrected chi connectivity index (χ4v) is 4.01. The van der Waals surface area contributed by atoms with Crippen molar-refractivity contribution in [3.63, 3.8) is 0 Å². The SMILES string of the molecule is CCCCC(CC)(C(=O)O)C1CCOC2(CCC2)C1. The van der Waals surface area contributed by atoms with E-state index in [2.05, 4.69) is 6.92 Å². The molecule has 2 aliphatic rings. The van der Waals surface area contributed by atoms with Crippen molar-refractivity contribution in [2.75, 3.05) is 6.61 Å². The molecule has 1 heterocycles. The summed E-state index contributed by atoms with van der Waals surface area (Å²) in [5, 5.41) is 9.82. The Kier molecular flexibility index (Phi) is 4.54. The van der Waals surface area contributed by atoms with Crippen LogP contribution in [0, 0.1) is 11.3 Å². The van der Waals surface area contributed by atoms with Crippen molar-refractivity contribution in [2.24, 2.45) is 11.3 Å². The van der Waals surface area contributed by atoms with Gasteiger partial charge in [-0.1, -0.05) is 26.7 Å². The second-order valence-corrected chi connectivity index (χ2v) is 6.49. The highest BCUT2D eigenvalue weighted by molar-refractivity contribution is 5.75. The molecule has 3 heteroatoms. The minimum Gasteiger partial charge on any atom is -0.481 e. The van der Waals surface area contributed by atoms with Crippen LogP contribution >= 0.6 is 0 Å². The van der Waals surface area contributed by atoms with E-state index < -0.39 is 11.4 Å². The van der Waals surface area contributed by atoms with E-state index in [1.165, 1.54) is 6.42 Å². The number of hydrogen-bond donors (Lipinski definition) is 1. The molecule has 0 bridgehead atoms. The Morgan fingerprint density at radius 2 is 2.16 bits per heavy atom. The van der Waals surface area contributed by atoms with Crippen LogP contribution in [-0.4, -0.2) is 23.3 Å². The van der Waals surface area contributed by atoms with Crippen LogP contribution < -0.4 is 0 Å². The molecule has 2 atom stereocenters. The van der Waals surface area contributed by atoms with Gasteiger partial charge in [0, 0.05) is 6.61 Å². The lowest BCUT2D eigenvalue weighted by atomic mass is 9.61. The number of carboxylic acids is 1. The molecule has 19 heavy (non-hydrogen) atoms. The monoisotopic (exact) mass is 268 g/mol. The van der Waals surface area contributed by atoms with Crippen molar-refractivity contribution < 1.29 is 14.6 Å². The summed E-state index contributed by atoms with van der Waals surface area (Å²) in [6.45, 7) is 4.94. The van der Waals surface area contributed by atoms with E-state index in [9.17, 15) is 9.90 Å². The molecule has 1 aliphatic heterocycles. The Balaban J connectivity index is 2.14. The average Bonchev–Trinajstić information content (AvgIpc) is 2.38. The molecule has 0 aromatic carbocycles. The van der Waals surface area contributed by atoms with Gasteiger partial charge in [-0.2, -0.15) is 0 Å². The molecule has 0 amide bonds. The van der Waals surface area contributed by atoms with E-state index in [-0.39, 0.29) is 5.60 Å². The molecule has 2 fully saturated rings. The molecular weight excluding hydrogens is 240 g/mol. The number of unbranched alkanes of at least 4 members (excludes halogenated alkanes) is 1. The smallest absolute Gasteiger partial charge is 0.309 e. The Labute approximate surface area is 116 Å². The molecule has 0 radical (unpaired) electrons. The molecule has 1 saturated carbocycles. The summed E-state index contributed by atoms with van der Waals surface area (Å²) in [5.74, 6) is -0.277.